The van der Waals surface area contributed by atoms with Crippen LogP contribution in [0.15, 0.2) is 18.2 Å². The first-order chi connectivity index (χ1) is 8.63. The topological polar surface area (TPSA) is 70.0 Å². The van der Waals surface area contributed by atoms with Crippen LogP contribution in [-0.4, -0.2) is 36.4 Å². The molecule has 0 radical (unpaired) electrons. The molecule has 1 atom stereocenters. The van der Waals surface area contributed by atoms with Gasteiger partial charge in [-0.25, -0.2) is 0 Å². The van der Waals surface area contributed by atoms with Crippen molar-refractivity contribution in [2.45, 2.75) is 18.9 Å². The third-order valence-corrected chi connectivity index (χ3v) is 3.09. The van der Waals surface area contributed by atoms with Crippen molar-refractivity contribution >= 4 is 11.6 Å². The molecule has 0 aromatic heterocycles. The Bertz CT molecular complexity index is 447. The highest BCUT2D eigenvalue weighted by molar-refractivity contribution is 5.97. The maximum absolute atomic E-state index is 11.5. The number of carbonyl (C=O) groups excluding carboxylic acids is 1. The Kier molecular flexibility index (Phi) is 3.84. The quantitative estimate of drug-likeness (QED) is 0.832. The van der Waals surface area contributed by atoms with Crippen LogP contribution in [0.3, 0.4) is 0 Å². The normalized spacial score (nSPS) is 16.2. The lowest BCUT2D eigenvalue weighted by Crippen LogP contribution is -2.35. The van der Waals surface area contributed by atoms with E-state index in [9.17, 15) is 9.90 Å². The number of amides is 1. The van der Waals surface area contributed by atoms with E-state index < -0.39 is 6.10 Å². The van der Waals surface area contributed by atoms with Gasteiger partial charge in [0.2, 0.25) is 0 Å². The number of ether oxygens (including phenoxy) is 1. The van der Waals surface area contributed by atoms with Gasteiger partial charge in [-0.15, -0.1) is 0 Å². The van der Waals surface area contributed by atoms with Gasteiger partial charge in [0, 0.05) is 13.7 Å². The SMILES string of the molecule is CN1C(=O)COc2ccc(C(O)CCCO)cc21. The van der Waals surface area contributed by atoms with Gasteiger partial charge in [-0.3, -0.25) is 4.79 Å². The van der Waals surface area contributed by atoms with Gasteiger partial charge >= 0.3 is 0 Å². The highest BCUT2D eigenvalue weighted by atomic mass is 16.5. The molecule has 1 aliphatic rings. The number of benzene rings is 1. The Morgan fingerprint density at radius 3 is 3.00 bits per heavy atom. The summed E-state index contributed by atoms with van der Waals surface area (Å²) in [6.45, 7) is 0.111. The van der Waals surface area contributed by atoms with Crippen molar-refractivity contribution in [3.05, 3.63) is 23.8 Å². The summed E-state index contributed by atoms with van der Waals surface area (Å²) in [5.41, 5.74) is 1.40. The molecule has 5 nitrogen and oxygen atoms in total. The average molecular weight is 251 g/mol. The first-order valence-corrected chi connectivity index (χ1v) is 5.95. The van der Waals surface area contributed by atoms with E-state index in [1.54, 1.807) is 25.2 Å². The molecule has 18 heavy (non-hydrogen) atoms. The van der Waals surface area contributed by atoms with Crippen LogP contribution in [-0.2, 0) is 4.79 Å². The van der Waals surface area contributed by atoms with Crippen molar-refractivity contribution in [3.63, 3.8) is 0 Å². The zero-order valence-corrected chi connectivity index (χ0v) is 10.3. The van der Waals surface area contributed by atoms with Crippen LogP contribution in [0, 0.1) is 0 Å². The Morgan fingerprint density at radius 2 is 2.28 bits per heavy atom. The molecule has 1 aliphatic heterocycles. The van der Waals surface area contributed by atoms with Gasteiger partial charge < -0.3 is 19.8 Å². The van der Waals surface area contributed by atoms with Crippen LogP contribution in [0.25, 0.3) is 0 Å². The number of likely N-dealkylation sites (N-methyl/N-ethyl adjacent to an activating group) is 1. The summed E-state index contributed by atoms with van der Waals surface area (Å²) in [4.78, 5) is 13.0. The van der Waals surface area contributed by atoms with Crippen molar-refractivity contribution in [2.75, 3.05) is 25.2 Å². The summed E-state index contributed by atoms with van der Waals surface area (Å²) < 4.78 is 5.31. The monoisotopic (exact) mass is 251 g/mol. The number of rotatable bonds is 4. The second-order valence-corrected chi connectivity index (χ2v) is 4.35. The fourth-order valence-corrected chi connectivity index (χ4v) is 1.95. The number of aliphatic hydroxyl groups is 2. The zero-order valence-electron chi connectivity index (χ0n) is 10.3. The summed E-state index contributed by atoms with van der Waals surface area (Å²) in [5.74, 6) is 0.541. The van der Waals surface area contributed by atoms with Gasteiger partial charge in [-0.2, -0.15) is 0 Å². The molecule has 0 spiro atoms. The molecular formula is C13H17NO4. The molecule has 0 saturated carbocycles. The number of hydrogen-bond donors (Lipinski definition) is 2. The summed E-state index contributed by atoms with van der Waals surface area (Å²) >= 11 is 0. The van der Waals surface area contributed by atoms with Crippen molar-refractivity contribution in [1.82, 2.24) is 0 Å². The lowest BCUT2D eigenvalue weighted by atomic mass is 10.0. The first kappa shape index (κ1) is 12.9. The molecule has 2 rings (SSSR count). The van der Waals surface area contributed by atoms with Crippen LogP contribution in [0.5, 0.6) is 5.75 Å². The number of fused-ring (bicyclic) bond motifs is 1. The first-order valence-electron chi connectivity index (χ1n) is 5.95. The summed E-state index contributed by atoms with van der Waals surface area (Å²) in [7, 11) is 1.69. The van der Waals surface area contributed by atoms with E-state index in [0.717, 1.165) is 5.56 Å². The summed E-state index contributed by atoms with van der Waals surface area (Å²) in [6.07, 6.45) is 0.407. The van der Waals surface area contributed by atoms with E-state index in [4.69, 9.17) is 9.84 Å². The third-order valence-electron chi connectivity index (χ3n) is 3.09. The molecule has 5 heteroatoms. The summed E-state index contributed by atoms with van der Waals surface area (Å²) in [5, 5.41) is 18.7. The molecule has 2 N–H and O–H groups in total. The van der Waals surface area contributed by atoms with Crippen LogP contribution >= 0.6 is 0 Å². The van der Waals surface area contributed by atoms with Gasteiger partial charge in [0.05, 0.1) is 11.8 Å². The van der Waals surface area contributed by atoms with Crippen molar-refractivity contribution in [1.29, 1.82) is 0 Å². The second-order valence-electron chi connectivity index (χ2n) is 4.35. The Balaban J connectivity index is 2.23. The van der Waals surface area contributed by atoms with Crippen molar-refractivity contribution < 1.29 is 19.7 Å². The molecule has 1 aromatic carbocycles. The van der Waals surface area contributed by atoms with E-state index in [2.05, 4.69) is 0 Å². The molecule has 98 valence electrons. The maximum Gasteiger partial charge on any atom is 0.264 e. The largest absolute Gasteiger partial charge is 0.482 e. The number of carbonyl (C=O) groups is 1. The molecule has 1 amide bonds. The summed E-state index contributed by atoms with van der Waals surface area (Å²) in [6, 6.07) is 5.30. The van der Waals surface area contributed by atoms with E-state index in [0.29, 0.717) is 24.3 Å². The Labute approximate surface area is 106 Å². The van der Waals surface area contributed by atoms with Gasteiger partial charge in [-0.1, -0.05) is 6.07 Å². The average Bonchev–Trinajstić information content (AvgIpc) is 2.40. The van der Waals surface area contributed by atoms with Crippen molar-refractivity contribution in [2.24, 2.45) is 0 Å². The van der Waals surface area contributed by atoms with E-state index in [1.165, 1.54) is 4.90 Å². The van der Waals surface area contributed by atoms with Gasteiger partial charge in [0.25, 0.3) is 5.91 Å². The van der Waals surface area contributed by atoms with Crippen LogP contribution in [0.2, 0.25) is 0 Å². The lowest BCUT2D eigenvalue weighted by molar-refractivity contribution is -0.120. The molecule has 0 fully saturated rings. The second kappa shape index (κ2) is 5.37. The number of aliphatic hydroxyl groups excluding tert-OH is 2. The van der Waals surface area contributed by atoms with Crippen LogP contribution < -0.4 is 9.64 Å². The van der Waals surface area contributed by atoms with Gasteiger partial charge in [-0.05, 0) is 30.5 Å². The smallest absolute Gasteiger partial charge is 0.264 e. The molecule has 1 unspecified atom stereocenters. The standard InChI is InChI=1S/C13H17NO4/c1-14-10-7-9(11(16)3-2-6-15)4-5-12(10)18-8-13(14)17/h4-5,7,11,15-16H,2-3,6,8H2,1H3. The fourth-order valence-electron chi connectivity index (χ4n) is 1.95. The molecule has 0 saturated heterocycles. The minimum Gasteiger partial charge on any atom is -0.482 e. The Morgan fingerprint density at radius 1 is 1.50 bits per heavy atom. The van der Waals surface area contributed by atoms with Gasteiger partial charge in [0.15, 0.2) is 6.61 Å². The molecule has 0 bridgehead atoms. The van der Waals surface area contributed by atoms with E-state index >= 15 is 0 Å². The zero-order chi connectivity index (χ0) is 13.1. The number of hydrogen-bond acceptors (Lipinski definition) is 4. The number of anilines is 1. The fraction of sp³-hybridized carbons (Fsp3) is 0.462. The van der Waals surface area contributed by atoms with Crippen LogP contribution in [0.4, 0.5) is 5.69 Å². The lowest BCUT2D eigenvalue weighted by Gasteiger charge is -2.27. The molecule has 0 aliphatic carbocycles. The van der Waals surface area contributed by atoms with Crippen LogP contribution in [0.1, 0.15) is 24.5 Å². The van der Waals surface area contributed by atoms with E-state index in [1.807, 2.05) is 0 Å². The van der Waals surface area contributed by atoms with Crippen molar-refractivity contribution in [3.8, 4) is 5.75 Å². The third kappa shape index (κ3) is 2.47. The minimum atomic E-state index is -0.632. The highest BCUT2D eigenvalue weighted by Gasteiger charge is 2.23. The van der Waals surface area contributed by atoms with Gasteiger partial charge in [0.1, 0.15) is 5.75 Å². The number of nitrogens with zero attached hydrogens (tertiary/aromatic N) is 1. The predicted molar refractivity (Wildman–Crippen MR) is 66.6 cm³/mol. The maximum atomic E-state index is 11.5. The Hall–Kier alpha value is -1.59. The predicted octanol–water partition coefficient (Wildman–Crippen LogP) is 0.848. The molecule has 1 aromatic rings. The molecule has 1 heterocycles. The highest BCUT2D eigenvalue weighted by Crippen LogP contribution is 2.34. The minimum absolute atomic E-state index is 0.0515. The molecular weight excluding hydrogens is 234 g/mol. The van der Waals surface area contributed by atoms with E-state index in [-0.39, 0.29) is 19.1 Å².